The first-order valence-corrected chi connectivity index (χ1v) is 10.7. The molecule has 29 heavy (non-hydrogen) atoms. The average molecular weight is 435 g/mol. The summed E-state index contributed by atoms with van der Waals surface area (Å²) in [5.74, 6) is 1.24. The highest BCUT2D eigenvalue weighted by molar-refractivity contribution is 7.89. The van der Waals surface area contributed by atoms with E-state index in [-0.39, 0.29) is 36.5 Å². The van der Waals surface area contributed by atoms with Crippen molar-refractivity contribution in [2.24, 2.45) is 0 Å². The standard InChI is InChI=1S/C20H19ClN2O5S/c1-26-8-7-23(29(24,25)16-5-3-2-4-6-16)12-15-9-14-10-18-19(28-13-27-18)11-17(14)22-20(15)21/h2-6,9-11H,7-8,12-13H2,1H3. The molecule has 0 aliphatic carbocycles. The molecule has 2 heterocycles. The maximum atomic E-state index is 13.1. The number of hydrogen-bond donors (Lipinski definition) is 0. The fraction of sp³-hybridized carbons (Fsp3) is 0.250. The van der Waals surface area contributed by atoms with Gasteiger partial charge in [-0.05, 0) is 24.3 Å². The monoisotopic (exact) mass is 434 g/mol. The molecule has 1 aromatic heterocycles. The lowest BCUT2D eigenvalue weighted by Crippen LogP contribution is -2.33. The molecule has 0 atom stereocenters. The van der Waals surface area contributed by atoms with Gasteiger partial charge < -0.3 is 14.2 Å². The van der Waals surface area contributed by atoms with Gasteiger partial charge >= 0.3 is 0 Å². The van der Waals surface area contributed by atoms with E-state index in [9.17, 15) is 8.42 Å². The van der Waals surface area contributed by atoms with Crippen LogP contribution in [-0.4, -0.2) is 44.8 Å². The van der Waals surface area contributed by atoms with Gasteiger partial charge in [0.05, 0.1) is 17.0 Å². The molecule has 9 heteroatoms. The topological polar surface area (TPSA) is 78.0 Å². The number of benzene rings is 2. The van der Waals surface area contributed by atoms with E-state index in [1.165, 1.54) is 11.4 Å². The quantitative estimate of drug-likeness (QED) is 0.530. The van der Waals surface area contributed by atoms with Gasteiger partial charge in [-0.1, -0.05) is 29.8 Å². The molecular weight excluding hydrogens is 416 g/mol. The zero-order valence-corrected chi connectivity index (χ0v) is 17.2. The van der Waals surface area contributed by atoms with E-state index < -0.39 is 10.0 Å². The third kappa shape index (κ3) is 4.02. The average Bonchev–Trinajstić information content (AvgIpc) is 3.17. The van der Waals surface area contributed by atoms with Gasteiger partial charge in [0.2, 0.25) is 16.8 Å². The number of sulfonamides is 1. The summed E-state index contributed by atoms with van der Waals surface area (Å²) >= 11 is 6.39. The van der Waals surface area contributed by atoms with Gasteiger partial charge in [0.25, 0.3) is 0 Å². The van der Waals surface area contributed by atoms with E-state index in [2.05, 4.69) is 4.98 Å². The van der Waals surface area contributed by atoms with Gasteiger partial charge in [-0.2, -0.15) is 4.31 Å². The molecule has 2 aromatic carbocycles. The van der Waals surface area contributed by atoms with Gasteiger partial charge in [-0.25, -0.2) is 13.4 Å². The predicted molar refractivity (Wildman–Crippen MR) is 109 cm³/mol. The minimum Gasteiger partial charge on any atom is -0.454 e. The normalized spacial score (nSPS) is 13.3. The third-order valence-corrected chi connectivity index (χ3v) is 6.79. The lowest BCUT2D eigenvalue weighted by atomic mass is 10.1. The van der Waals surface area contributed by atoms with E-state index in [4.69, 9.17) is 25.8 Å². The van der Waals surface area contributed by atoms with Crippen LogP contribution in [0, 0.1) is 0 Å². The summed E-state index contributed by atoms with van der Waals surface area (Å²) in [4.78, 5) is 4.63. The fourth-order valence-electron chi connectivity index (χ4n) is 3.10. The molecule has 7 nitrogen and oxygen atoms in total. The van der Waals surface area contributed by atoms with Crippen LogP contribution in [-0.2, 0) is 21.3 Å². The highest BCUT2D eigenvalue weighted by Crippen LogP contribution is 2.36. The first kappa shape index (κ1) is 19.9. The number of ether oxygens (including phenoxy) is 3. The van der Waals surface area contributed by atoms with Crippen LogP contribution in [0.3, 0.4) is 0 Å². The molecule has 0 unspecified atom stereocenters. The maximum absolute atomic E-state index is 13.1. The Bertz CT molecular complexity index is 1140. The first-order chi connectivity index (χ1) is 14.0. The zero-order chi connectivity index (χ0) is 20.4. The molecule has 1 aliphatic heterocycles. The van der Waals surface area contributed by atoms with E-state index in [0.717, 1.165) is 5.39 Å². The van der Waals surface area contributed by atoms with Crippen LogP contribution < -0.4 is 9.47 Å². The molecular formula is C20H19ClN2O5S. The van der Waals surface area contributed by atoms with Gasteiger partial charge in [0, 0.05) is 37.2 Å². The minimum absolute atomic E-state index is 0.0663. The molecule has 0 N–H and O–H groups in total. The van der Waals surface area contributed by atoms with Crippen LogP contribution in [0.1, 0.15) is 5.56 Å². The van der Waals surface area contributed by atoms with Crippen molar-refractivity contribution in [2.45, 2.75) is 11.4 Å². The molecule has 3 aromatic rings. The van der Waals surface area contributed by atoms with E-state index in [1.54, 1.807) is 36.4 Å². The van der Waals surface area contributed by atoms with Crippen LogP contribution in [0.5, 0.6) is 11.5 Å². The van der Waals surface area contributed by atoms with E-state index in [1.807, 2.05) is 12.1 Å². The Morgan fingerprint density at radius 1 is 1.14 bits per heavy atom. The van der Waals surface area contributed by atoms with Crippen LogP contribution >= 0.6 is 11.6 Å². The molecule has 0 amide bonds. The molecule has 152 valence electrons. The Balaban J connectivity index is 1.71. The Hall–Kier alpha value is -2.39. The number of halogens is 1. The Kier molecular flexibility index (Phi) is 5.60. The summed E-state index contributed by atoms with van der Waals surface area (Å²) in [6, 6.07) is 13.7. The molecule has 0 bridgehead atoms. The Morgan fingerprint density at radius 2 is 1.86 bits per heavy atom. The van der Waals surface area contributed by atoms with Crippen LogP contribution in [0.2, 0.25) is 5.15 Å². The molecule has 4 rings (SSSR count). The van der Waals surface area contributed by atoms with Gasteiger partial charge in [-0.15, -0.1) is 0 Å². The van der Waals surface area contributed by atoms with Crippen LogP contribution in [0.15, 0.2) is 53.4 Å². The highest BCUT2D eigenvalue weighted by atomic mass is 35.5. The first-order valence-electron chi connectivity index (χ1n) is 8.92. The number of fused-ring (bicyclic) bond motifs is 2. The lowest BCUT2D eigenvalue weighted by Gasteiger charge is -2.22. The summed E-state index contributed by atoms with van der Waals surface area (Å²) in [5.41, 5.74) is 1.24. The third-order valence-electron chi connectivity index (χ3n) is 4.61. The van der Waals surface area contributed by atoms with E-state index in [0.29, 0.717) is 22.6 Å². The summed E-state index contributed by atoms with van der Waals surface area (Å²) in [6.07, 6.45) is 0. The van der Waals surface area contributed by atoms with Crippen LogP contribution in [0.25, 0.3) is 10.9 Å². The predicted octanol–water partition coefficient (Wildman–Crippen LogP) is 3.45. The van der Waals surface area contributed by atoms with Crippen molar-refractivity contribution in [2.75, 3.05) is 27.1 Å². The van der Waals surface area contributed by atoms with Crippen LogP contribution in [0.4, 0.5) is 0 Å². The second-order valence-corrected chi connectivity index (χ2v) is 8.78. The van der Waals surface area contributed by atoms with Crippen molar-refractivity contribution in [3.05, 3.63) is 59.2 Å². The number of aromatic nitrogens is 1. The number of nitrogens with zero attached hydrogens (tertiary/aromatic N) is 2. The summed E-state index contributed by atoms with van der Waals surface area (Å²) < 4.78 is 43.5. The summed E-state index contributed by atoms with van der Waals surface area (Å²) in [7, 11) is -2.20. The largest absolute Gasteiger partial charge is 0.454 e. The van der Waals surface area contributed by atoms with Crippen molar-refractivity contribution in [3.8, 4) is 11.5 Å². The number of hydrogen-bond acceptors (Lipinski definition) is 6. The van der Waals surface area contributed by atoms with Crippen molar-refractivity contribution in [1.82, 2.24) is 9.29 Å². The molecule has 0 spiro atoms. The van der Waals surface area contributed by atoms with Gasteiger partial charge in [0.15, 0.2) is 11.5 Å². The SMILES string of the molecule is COCCN(Cc1cc2cc3c(cc2nc1Cl)OCO3)S(=O)(=O)c1ccccc1. The second kappa shape index (κ2) is 8.16. The number of rotatable bonds is 7. The number of methoxy groups -OCH3 is 1. The Morgan fingerprint density at radius 3 is 2.59 bits per heavy atom. The summed E-state index contributed by atoms with van der Waals surface area (Å²) in [6.45, 7) is 0.662. The van der Waals surface area contributed by atoms with E-state index >= 15 is 0 Å². The van der Waals surface area contributed by atoms with Crippen molar-refractivity contribution < 1.29 is 22.6 Å². The van der Waals surface area contributed by atoms with Crippen molar-refractivity contribution in [3.63, 3.8) is 0 Å². The molecule has 0 fully saturated rings. The van der Waals surface area contributed by atoms with Crippen molar-refractivity contribution in [1.29, 1.82) is 0 Å². The molecule has 0 saturated heterocycles. The fourth-order valence-corrected chi connectivity index (χ4v) is 4.73. The minimum atomic E-state index is -3.73. The molecule has 0 saturated carbocycles. The zero-order valence-electron chi connectivity index (χ0n) is 15.7. The highest BCUT2D eigenvalue weighted by Gasteiger charge is 2.26. The van der Waals surface area contributed by atoms with Gasteiger partial charge in [-0.3, -0.25) is 0 Å². The summed E-state index contributed by atoms with van der Waals surface area (Å²) in [5, 5.41) is 1.03. The Labute approximate surface area is 173 Å². The van der Waals surface area contributed by atoms with Gasteiger partial charge in [0.1, 0.15) is 5.15 Å². The lowest BCUT2D eigenvalue weighted by molar-refractivity contribution is 0.174. The maximum Gasteiger partial charge on any atom is 0.243 e. The smallest absolute Gasteiger partial charge is 0.243 e. The number of pyridine rings is 1. The van der Waals surface area contributed by atoms with Crippen molar-refractivity contribution >= 4 is 32.5 Å². The molecule has 0 radical (unpaired) electrons. The second-order valence-electron chi connectivity index (χ2n) is 6.48. The molecule has 1 aliphatic rings.